The maximum Gasteiger partial charge on any atom is 0.282 e. The lowest BCUT2D eigenvalue weighted by Crippen LogP contribution is -3.19. The van der Waals surface area contributed by atoms with E-state index in [0.29, 0.717) is 10.6 Å². The number of quaternary nitrogens is 1. The monoisotopic (exact) mass is 352 g/mol. The summed E-state index contributed by atoms with van der Waals surface area (Å²) in [7, 11) is 0. The van der Waals surface area contributed by atoms with Crippen LogP contribution in [0, 0.1) is 0 Å². The molecule has 1 saturated heterocycles. The molecule has 0 radical (unpaired) electrons. The second kappa shape index (κ2) is 6.82. The summed E-state index contributed by atoms with van der Waals surface area (Å²) >= 11 is 1.50. The second-order valence-electron chi connectivity index (χ2n) is 6.96. The molecule has 0 aromatic carbocycles. The van der Waals surface area contributed by atoms with Crippen molar-refractivity contribution < 1.29 is 19.2 Å². The summed E-state index contributed by atoms with van der Waals surface area (Å²) in [6.45, 7) is 7.62. The Morgan fingerprint density at radius 1 is 1.29 bits per heavy atom. The van der Waals surface area contributed by atoms with Gasteiger partial charge >= 0.3 is 0 Å². The lowest BCUT2D eigenvalue weighted by Gasteiger charge is -2.35. The van der Waals surface area contributed by atoms with E-state index in [1.807, 2.05) is 20.8 Å². The normalized spacial score (nSPS) is 27.5. The zero-order chi connectivity index (χ0) is 17.4. The molecular weight excluding hydrogens is 326 g/mol. The third-order valence-corrected chi connectivity index (χ3v) is 6.18. The van der Waals surface area contributed by atoms with E-state index in [9.17, 15) is 9.59 Å². The van der Waals surface area contributed by atoms with Crippen LogP contribution < -0.4 is 16.0 Å². The molecule has 1 aliphatic carbocycles. The minimum atomic E-state index is -0.446. The number of hydrogen-bond acceptors (Lipinski definition) is 4. The number of carbonyl (C=O) groups is 2. The first-order chi connectivity index (χ1) is 11.4. The highest BCUT2D eigenvalue weighted by Gasteiger charge is 2.34. The van der Waals surface area contributed by atoms with Crippen LogP contribution in [0.3, 0.4) is 0 Å². The van der Waals surface area contributed by atoms with Crippen molar-refractivity contribution in [2.45, 2.75) is 58.3 Å². The van der Waals surface area contributed by atoms with E-state index in [0.717, 1.165) is 37.9 Å². The van der Waals surface area contributed by atoms with Gasteiger partial charge < -0.3 is 20.7 Å². The van der Waals surface area contributed by atoms with Gasteiger partial charge in [0, 0.05) is 4.88 Å². The fourth-order valence-electron chi connectivity index (χ4n) is 3.83. The summed E-state index contributed by atoms with van der Waals surface area (Å²) in [6.07, 6.45) is 3.19. The summed E-state index contributed by atoms with van der Waals surface area (Å²) in [6, 6.07) is -0.198. The topological polar surface area (TPSA) is 85.9 Å². The van der Waals surface area contributed by atoms with E-state index in [-0.39, 0.29) is 24.2 Å². The molecule has 24 heavy (non-hydrogen) atoms. The number of thiophene rings is 1. The van der Waals surface area contributed by atoms with Crippen molar-refractivity contribution in [1.82, 2.24) is 0 Å². The number of anilines is 1. The first-order valence-electron chi connectivity index (χ1n) is 8.62. The minimum absolute atomic E-state index is 0.0614. The van der Waals surface area contributed by atoms with Gasteiger partial charge in [-0.2, -0.15) is 0 Å². The van der Waals surface area contributed by atoms with Gasteiger partial charge in [0.25, 0.3) is 11.8 Å². The van der Waals surface area contributed by atoms with Gasteiger partial charge in [0.05, 0.1) is 5.56 Å². The number of ether oxygens (including phenoxy) is 1. The third-order valence-electron chi connectivity index (χ3n) is 4.97. The Balaban J connectivity index is 1.74. The SMILES string of the molecule is C[C@@H]1C[NH+]([C@@H](C)C(=O)Nc2sc3c(c2C(N)=O)CCC3)C[C@H](C)O1. The average molecular weight is 352 g/mol. The molecule has 1 fully saturated rings. The largest absolute Gasteiger partial charge is 0.365 e. The van der Waals surface area contributed by atoms with Gasteiger partial charge in [-0.1, -0.05) is 0 Å². The van der Waals surface area contributed by atoms with Crippen molar-refractivity contribution >= 4 is 28.2 Å². The highest BCUT2D eigenvalue weighted by Crippen LogP contribution is 2.38. The fraction of sp³-hybridized carbons (Fsp3) is 0.647. The molecule has 2 amide bonds. The maximum atomic E-state index is 12.7. The number of morpholine rings is 1. The van der Waals surface area contributed by atoms with Gasteiger partial charge in [-0.3, -0.25) is 9.59 Å². The fourth-order valence-corrected chi connectivity index (χ4v) is 5.12. The van der Waals surface area contributed by atoms with Crippen molar-refractivity contribution in [2.75, 3.05) is 18.4 Å². The van der Waals surface area contributed by atoms with Crippen molar-refractivity contribution in [3.63, 3.8) is 0 Å². The number of nitrogens with two attached hydrogens (primary N) is 1. The van der Waals surface area contributed by atoms with Gasteiger partial charge in [-0.15, -0.1) is 11.3 Å². The summed E-state index contributed by atoms with van der Waals surface area (Å²) in [4.78, 5) is 26.9. The number of rotatable bonds is 4. The maximum absolute atomic E-state index is 12.7. The molecule has 1 aliphatic heterocycles. The molecule has 0 saturated carbocycles. The lowest BCUT2D eigenvalue weighted by atomic mass is 10.1. The smallest absolute Gasteiger partial charge is 0.282 e. The zero-order valence-electron chi connectivity index (χ0n) is 14.5. The zero-order valence-corrected chi connectivity index (χ0v) is 15.3. The quantitative estimate of drug-likeness (QED) is 0.731. The number of hydrogen-bond donors (Lipinski definition) is 3. The van der Waals surface area contributed by atoms with E-state index in [4.69, 9.17) is 10.5 Å². The Labute approximate surface area is 146 Å². The molecule has 132 valence electrons. The van der Waals surface area contributed by atoms with Crippen LogP contribution in [-0.4, -0.2) is 43.2 Å². The number of aryl methyl sites for hydroxylation is 1. The molecule has 4 atom stereocenters. The Morgan fingerprint density at radius 3 is 2.58 bits per heavy atom. The molecule has 2 aliphatic rings. The molecule has 0 bridgehead atoms. The van der Waals surface area contributed by atoms with Crippen molar-refractivity contribution in [3.05, 3.63) is 16.0 Å². The minimum Gasteiger partial charge on any atom is -0.365 e. The summed E-state index contributed by atoms with van der Waals surface area (Å²) in [5.41, 5.74) is 7.12. The van der Waals surface area contributed by atoms with Crippen molar-refractivity contribution in [2.24, 2.45) is 5.73 Å². The Bertz CT molecular complexity index is 648. The van der Waals surface area contributed by atoms with E-state index >= 15 is 0 Å². The van der Waals surface area contributed by atoms with Crippen LogP contribution in [0.25, 0.3) is 0 Å². The van der Waals surface area contributed by atoms with Crippen molar-refractivity contribution in [1.29, 1.82) is 0 Å². The molecule has 1 aromatic rings. The number of carbonyl (C=O) groups excluding carboxylic acids is 2. The van der Waals surface area contributed by atoms with Crippen LogP contribution in [0.4, 0.5) is 5.00 Å². The predicted octanol–water partition coefficient (Wildman–Crippen LogP) is 0.355. The number of nitrogens with one attached hydrogen (secondary N) is 2. The molecule has 1 aromatic heterocycles. The molecule has 1 unspecified atom stereocenters. The predicted molar refractivity (Wildman–Crippen MR) is 93.7 cm³/mol. The standard InChI is InChI=1S/C17H25N3O3S/c1-9-7-20(8-10(2)23-9)11(3)16(22)19-17-14(15(18)21)12-5-4-6-13(12)24-17/h9-11H,4-8H2,1-3H3,(H2,18,21)(H,19,22)/p+1/t9-,10+,11-/m0/s1. The Kier molecular flexibility index (Phi) is 4.94. The van der Waals surface area contributed by atoms with Crippen LogP contribution in [0.5, 0.6) is 0 Å². The first kappa shape index (κ1) is 17.4. The Morgan fingerprint density at radius 2 is 1.96 bits per heavy atom. The summed E-state index contributed by atoms with van der Waals surface area (Å²) in [5, 5.41) is 3.59. The number of amides is 2. The van der Waals surface area contributed by atoms with E-state index in [2.05, 4.69) is 5.32 Å². The van der Waals surface area contributed by atoms with E-state index < -0.39 is 5.91 Å². The van der Waals surface area contributed by atoms with Crippen LogP contribution in [0.2, 0.25) is 0 Å². The molecule has 4 N–H and O–H groups in total. The van der Waals surface area contributed by atoms with E-state index in [1.54, 1.807) is 0 Å². The molecule has 7 heteroatoms. The molecule has 0 spiro atoms. The first-order valence-corrected chi connectivity index (χ1v) is 9.43. The summed E-state index contributed by atoms with van der Waals surface area (Å²) in [5.74, 6) is -0.507. The lowest BCUT2D eigenvalue weighted by molar-refractivity contribution is -0.928. The summed E-state index contributed by atoms with van der Waals surface area (Å²) < 4.78 is 5.74. The van der Waals surface area contributed by atoms with Gasteiger partial charge in [-0.25, -0.2) is 0 Å². The van der Waals surface area contributed by atoms with Crippen LogP contribution in [0.1, 0.15) is 48.0 Å². The third kappa shape index (κ3) is 3.34. The molecule has 2 heterocycles. The van der Waals surface area contributed by atoms with Crippen molar-refractivity contribution in [3.8, 4) is 0 Å². The van der Waals surface area contributed by atoms with Crippen LogP contribution in [-0.2, 0) is 22.4 Å². The van der Waals surface area contributed by atoms with E-state index in [1.165, 1.54) is 21.1 Å². The number of primary amides is 1. The Hall–Kier alpha value is -1.44. The highest BCUT2D eigenvalue weighted by atomic mass is 32.1. The van der Waals surface area contributed by atoms with Gasteiger partial charge in [0.2, 0.25) is 0 Å². The van der Waals surface area contributed by atoms with Gasteiger partial charge in [0.15, 0.2) is 6.04 Å². The van der Waals surface area contributed by atoms with Gasteiger partial charge in [-0.05, 0) is 45.6 Å². The molecular formula is C17H26N3O3S+. The number of fused-ring (bicyclic) bond motifs is 1. The average Bonchev–Trinajstić information content (AvgIpc) is 3.05. The highest BCUT2D eigenvalue weighted by molar-refractivity contribution is 7.17. The van der Waals surface area contributed by atoms with Gasteiger partial charge in [0.1, 0.15) is 30.3 Å². The van der Waals surface area contributed by atoms with Crippen LogP contribution >= 0.6 is 11.3 Å². The molecule has 6 nitrogen and oxygen atoms in total. The second-order valence-corrected chi connectivity index (χ2v) is 8.07. The molecule has 3 rings (SSSR count). The van der Waals surface area contributed by atoms with Crippen LogP contribution in [0.15, 0.2) is 0 Å².